The second-order valence-electron chi connectivity index (χ2n) is 5.46. The van der Waals surface area contributed by atoms with Crippen molar-refractivity contribution in [3.63, 3.8) is 0 Å². The second-order valence-corrected chi connectivity index (χ2v) is 5.46. The van der Waals surface area contributed by atoms with Gasteiger partial charge in [-0.2, -0.15) is 0 Å². The number of ether oxygens (including phenoxy) is 1. The number of aliphatic hydroxyl groups is 1. The number of rotatable bonds is 9. The first-order valence-electron chi connectivity index (χ1n) is 7.57. The van der Waals surface area contributed by atoms with Gasteiger partial charge >= 0.3 is 0 Å². The fourth-order valence-corrected chi connectivity index (χ4v) is 2.74. The van der Waals surface area contributed by atoms with E-state index in [0.29, 0.717) is 11.3 Å². The van der Waals surface area contributed by atoms with E-state index in [1.165, 1.54) is 0 Å². The van der Waals surface area contributed by atoms with Crippen LogP contribution in [-0.4, -0.2) is 48.6 Å². The van der Waals surface area contributed by atoms with Crippen molar-refractivity contribution in [1.29, 1.82) is 0 Å². The Hall–Kier alpha value is -1.39. The van der Waals surface area contributed by atoms with Gasteiger partial charge in [0.25, 0.3) is 0 Å². The topological polar surface area (TPSA) is 49.8 Å². The van der Waals surface area contributed by atoms with Gasteiger partial charge in [0.2, 0.25) is 0 Å². The number of carbonyl (C=O) groups is 1. The van der Waals surface area contributed by atoms with Crippen molar-refractivity contribution in [2.45, 2.75) is 38.6 Å². The quantitative estimate of drug-likeness (QED) is 0.711. The van der Waals surface area contributed by atoms with Gasteiger partial charge in [-0.15, -0.1) is 0 Å². The summed E-state index contributed by atoms with van der Waals surface area (Å²) in [7, 11) is 3.94. The molecule has 0 spiro atoms. The van der Waals surface area contributed by atoms with E-state index in [4.69, 9.17) is 9.84 Å². The van der Waals surface area contributed by atoms with Crippen LogP contribution in [0.1, 0.15) is 43.5 Å². The van der Waals surface area contributed by atoms with Crippen LogP contribution in [0, 0.1) is 0 Å². The minimum atomic E-state index is -0.442. The Balaban J connectivity index is 2.98. The molecule has 0 heterocycles. The summed E-state index contributed by atoms with van der Waals surface area (Å²) in [5.41, 5.74) is 0.262. The summed E-state index contributed by atoms with van der Waals surface area (Å²) in [4.78, 5) is 15.0. The summed E-state index contributed by atoms with van der Waals surface area (Å²) in [5, 5.41) is 8.74. The molecule has 0 saturated heterocycles. The molecule has 0 aliphatic carbocycles. The van der Waals surface area contributed by atoms with E-state index in [9.17, 15) is 4.79 Å². The van der Waals surface area contributed by atoms with Crippen LogP contribution < -0.4 is 4.74 Å². The predicted octanol–water partition coefficient (Wildman–Crippen LogP) is 2.75. The lowest BCUT2D eigenvalue weighted by molar-refractivity contribution is 0.0640. The number of aliphatic hydroxyl groups excluding tert-OH is 1. The van der Waals surface area contributed by atoms with Gasteiger partial charge in [-0.05, 0) is 51.2 Å². The average molecular weight is 293 g/mol. The molecule has 118 valence electrons. The van der Waals surface area contributed by atoms with Gasteiger partial charge in [-0.1, -0.05) is 20.3 Å². The third kappa shape index (κ3) is 4.05. The van der Waals surface area contributed by atoms with Gasteiger partial charge in [-0.3, -0.25) is 9.69 Å². The van der Waals surface area contributed by atoms with Crippen molar-refractivity contribution < 1.29 is 14.6 Å². The minimum Gasteiger partial charge on any atom is -0.491 e. The van der Waals surface area contributed by atoms with Gasteiger partial charge in [-0.25, -0.2) is 0 Å². The molecule has 0 saturated carbocycles. The number of benzene rings is 1. The van der Waals surface area contributed by atoms with E-state index < -0.39 is 5.54 Å². The van der Waals surface area contributed by atoms with Crippen LogP contribution in [0.4, 0.5) is 0 Å². The Bertz CT molecular complexity index is 442. The predicted molar refractivity (Wildman–Crippen MR) is 85.0 cm³/mol. The maximum Gasteiger partial charge on any atom is 0.183 e. The maximum absolute atomic E-state index is 12.9. The molecule has 0 aliphatic heterocycles. The van der Waals surface area contributed by atoms with Gasteiger partial charge in [0.15, 0.2) is 5.78 Å². The molecule has 1 aromatic carbocycles. The lowest BCUT2D eigenvalue weighted by atomic mass is 9.81. The van der Waals surface area contributed by atoms with Crippen molar-refractivity contribution in [1.82, 2.24) is 4.90 Å². The molecular formula is C17H27NO3. The van der Waals surface area contributed by atoms with Crippen LogP contribution in [0.3, 0.4) is 0 Å². The Labute approximate surface area is 127 Å². The zero-order valence-corrected chi connectivity index (χ0v) is 13.6. The number of hydrogen-bond acceptors (Lipinski definition) is 4. The van der Waals surface area contributed by atoms with Gasteiger partial charge in [0.05, 0.1) is 12.1 Å². The molecule has 0 radical (unpaired) electrons. The summed E-state index contributed by atoms with van der Waals surface area (Å²) >= 11 is 0. The molecule has 1 atom stereocenters. The van der Waals surface area contributed by atoms with Crippen LogP contribution in [0.15, 0.2) is 24.3 Å². The molecule has 1 unspecified atom stereocenters. The van der Waals surface area contributed by atoms with Crippen molar-refractivity contribution in [3.8, 4) is 5.75 Å². The first-order valence-corrected chi connectivity index (χ1v) is 7.57. The Morgan fingerprint density at radius 3 is 2.29 bits per heavy atom. The van der Waals surface area contributed by atoms with E-state index in [2.05, 4.69) is 13.8 Å². The monoisotopic (exact) mass is 293 g/mol. The first-order chi connectivity index (χ1) is 10.0. The molecule has 0 aliphatic rings. The molecule has 21 heavy (non-hydrogen) atoms. The molecule has 1 rings (SSSR count). The molecule has 1 N–H and O–H groups in total. The van der Waals surface area contributed by atoms with Crippen molar-refractivity contribution >= 4 is 5.78 Å². The SMILES string of the molecule is CCCC(CC)(C(=O)c1ccc(OCCO)cc1)N(C)C. The fourth-order valence-electron chi connectivity index (χ4n) is 2.74. The summed E-state index contributed by atoms with van der Waals surface area (Å²) in [6, 6.07) is 7.17. The van der Waals surface area contributed by atoms with Gasteiger partial charge in [0, 0.05) is 5.56 Å². The molecule has 4 nitrogen and oxygen atoms in total. The molecule has 0 bridgehead atoms. The molecule has 0 fully saturated rings. The molecule has 0 amide bonds. The maximum atomic E-state index is 12.9. The van der Waals surface area contributed by atoms with Crippen LogP contribution in [0.25, 0.3) is 0 Å². The highest BCUT2D eigenvalue weighted by Crippen LogP contribution is 2.28. The van der Waals surface area contributed by atoms with E-state index in [-0.39, 0.29) is 19.0 Å². The third-order valence-electron chi connectivity index (χ3n) is 4.00. The minimum absolute atomic E-state index is 0.0171. The second kappa shape index (κ2) is 8.15. The van der Waals surface area contributed by atoms with Crippen molar-refractivity contribution in [2.75, 3.05) is 27.3 Å². The van der Waals surface area contributed by atoms with E-state index in [1.807, 2.05) is 19.0 Å². The summed E-state index contributed by atoms with van der Waals surface area (Å²) in [6.07, 6.45) is 2.60. The smallest absolute Gasteiger partial charge is 0.183 e. The molecular weight excluding hydrogens is 266 g/mol. The van der Waals surface area contributed by atoms with E-state index >= 15 is 0 Å². The third-order valence-corrected chi connectivity index (χ3v) is 4.00. The molecule has 0 aromatic heterocycles. The lowest BCUT2D eigenvalue weighted by Gasteiger charge is -2.38. The summed E-state index contributed by atoms with van der Waals surface area (Å²) < 4.78 is 5.33. The summed E-state index contributed by atoms with van der Waals surface area (Å²) in [6.45, 7) is 4.41. The number of nitrogens with zero attached hydrogens (tertiary/aromatic N) is 1. The normalized spacial score (nSPS) is 14.0. The Morgan fingerprint density at radius 2 is 1.86 bits per heavy atom. The molecule has 1 aromatic rings. The number of hydrogen-bond donors (Lipinski definition) is 1. The van der Waals surface area contributed by atoms with Crippen molar-refractivity contribution in [2.24, 2.45) is 0 Å². The number of carbonyl (C=O) groups excluding carboxylic acids is 1. The zero-order chi connectivity index (χ0) is 15.9. The van der Waals surface area contributed by atoms with E-state index in [0.717, 1.165) is 19.3 Å². The largest absolute Gasteiger partial charge is 0.491 e. The Kier molecular flexibility index (Phi) is 6.85. The highest BCUT2D eigenvalue weighted by molar-refractivity contribution is 6.03. The number of likely N-dealkylation sites (N-methyl/N-ethyl adjacent to an activating group) is 1. The standard InChI is InChI=1S/C17H27NO3/c1-5-11-17(6-2,18(3)4)16(20)14-7-9-15(10-8-14)21-13-12-19/h7-10,19H,5-6,11-13H2,1-4H3. The van der Waals surface area contributed by atoms with Crippen LogP contribution in [0.5, 0.6) is 5.75 Å². The van der Waals surface area contributed by atoms with Crippen LogP contribution in [-0.2, 0) is 0 Å². The number of Topliss-reactive ketones (excluding diaryl/α,β-unsaturated/α-hetero) is 1. The number of ketones is 1. The summed E-state index contributed by atoms with van der Waals surface area (Å²) in [5.74, 6) is 0.827. The molecule has 4 heteroatoms. The lowest BCUT2D eigenvalue weighted by Crippen LogP contribution is -2.50. The average Bonchev–Trinajstić information content (AvgIpc) is 2.50. The highest BCUT2D eigenvalue weighted by atomic mass is 16.5. The van der Waals surface area contributed by atoms with Gasteiger partial charge in [0.1, 0.15) is 12.4 Å². The van der Waals surface area contributed by atoms with Crippen molar-refractivity contribution in [3.05, 3.63) is 29.8 Å². The fraction of sp³-hybridized carbons (Fsp3) is 0.588. The van der Waals surface area contributed by atoms with Crippen LogP contribution >= 0.6 is 0 Å². The van der Waals surface area contributed by atoms with E-state index in [1.54, 1.807) is 24.3 Å². The Morgan fingerprint density at radius 1 is 1.24 bits per heavy atom. The van der Waals surface area contributed by atoms with Gasteiger partial charge < -0.3 is 9.84 Å². The highest BCUT2D eigenvalue weighted by Gasteiger charge is 2.38. The first kappa shape index (κ1) is 17.7. The van der Waals surface area contributed by atoms with Crippen LogP contribution in [0.2, 0.25) is 0 Å². The zero-order valence-electron chi connectivity index (χ0n) is 13.6.